The van der Waals surface area contributed by atoms with E-state index in [1.54, 1.807) is 6.07 Å². The standard InChI is InChI=1S/C18H17N3O4S3/c1-11-9-21(12(2)22)15-8-13(5-6-16(15)25-11)28(23,24)20-18-19-14(10-27-18)17-4-3-7-26-17/h3-8,10-11H,9H2,1-2H3,(H,19,20). The van der Waals surface area contributed by atoms with Gasteiger partial charge >= 0.3 is 0 Å². The van der Waals surface area contributed by atoms with E-state index < -0.39 is 10.0 Å². The second-order valence-electron chi connectivity index (χ2n) is 6.31. The summed E-state index contributed by atoms with van der Waals surface area (Å²) >= 11 is 2.76. The molecule has 1 aliphatic rings. The Morgan fingerprint density at radius 3 is 2.86 bits per heavy atom. The molecule has 3 heterocycles. The van der Waals surface area contributed by atoms with E-state index in [0.717, 1.165) is 10.6 Å². The molecule has 10 heteroatoms. The molecule has 0 bridgehead atoms. The molecule has 2 aromatic heterocycles. The van der Waals surface area contributed by atoms with Crippen molar-refractivity contribution in [2.24, 2.45) is 0 Å². The molecular formula is C18H17N3O4S3. The highest BCUT2D eigenvalue weighted by Gasteiger charge is 2.28. The number of carbonyl (C=O) groups is 1. The summed E-state index contributed by atoms with van der Waals surface area (Å²) < 4.78 is 33.9. The number of hydrogen-bond acceptors (Lipinski definition) is 7. The normalized spacial score (nSPS) is 16.4. The van der Waals surface area contributed by atoms with Crippen LogP contribution >= 0.6 is 22.7 Å². The van der Waals surface area contributed by atoms with Gasteiger partial charge in [-0.15, -0.1) is 22.7 Å². The lowest BCUT2D eigenvalue weighted by Crippen LogP contribution is -2.41. The lowest BCUT2D eigenvalue weighted by Gasteiger charge is -2.33. The number of nitrogens with one attached hydrogen (secondary N) is 1. The first-order valence-electron chi connectivity index (χ1n) is 8.44. The number of nitrogens with zero attached hydrogens (tertiary/aromatic N) is 2. The smallest absolute Gasteiger partial charge is 0.263 e. The molecule has 4 rings (SSSR count). The third-order valence-electron chi connectivity index (χ3n) is 4.18. The van der Waals surface area contributed by atoms with Crippen LogP contribution in [0, 0.1) is 0 Å². The van der Waals surface area contributed by atoms with Crippen LogP contribution in [-0.4, -0.2) is 32.0 Å². The zero-order valence-electron chi connectivity index (χ0n) is 15.1. The third kappa shape index (κ3) is 3.62. The quantitative estimate of drug-likeness (QED) is 0.673. The maximum Gasteiger partial charge on any atom is 0.263 e. The number of fused-ring (bicyclic) bond motifs is 1. The minimum absolute atomic E-state index is 0.0449. The summed E-state index contributed by atoms with van der Waals surface area (Å²) in [4.78, 5) is 18.9. The van der Waals surface area contributed by atoms with Gasteiger partial charge in [-0.25, -0.2) is 13.4 Å². The van der Waals surface area contributed by atoms with Crippen LogP contribution < -0.4 is 14.4 Å². The molecule has 0 saturated carbocycles. The highest BCUT2D eigenvalue weighted by Crippen LogP contribution is 2.36. The lowest BCUT2D eigenvalue weighted by atomic mass is 10.2. The second-order valence-corrected chi connectivity index (χ2v) is 9.80. The van der Waals surface area contributed by atoms with Crippen LogP contribution in [0.25, 0.3) is 10.6 Å². The topological polar surface area (TPSA) is 88.6 Å². The van der Waals surface area contributed by atoms with Gasteiger partial charge < -0.3 is 9.64 Å². The van der Waals surface area contributed by atoms with Gasteiger partial charge in [-0.3, -0.25) is 9.52 Å². The van der Waals surface area contributed by atoms with Crippen molar-refractivity contribution in [2.45, 2.75) is 24.8 Å². The van der Waals surface area contributed by atoms with E-state index in [1.807, 2.05) is 29.8 Å². The first-order chi connectivity index (χ1) is 13.3. The fraction of sp³-hybridized carbons (Fsp3) is 0.222. The minimum Gasteiger partial charge on any atom is -0.487 e. The van der Waals surface area contributed by atoms with Gasteiger partial charge in [0.15, 0.2) is 5.13 Å². The van der Waals surface area contributed by atoms with Gasteiger partial charge in [0.05, 0.1) is 27.7 Å². The van der Waals surface area contributed by atoms with Gasteiger partial charge in [-0.05, 0) is 36.6 Å². The summed E-state index contributed by atoms with van der Waals surface area (Å²) in [6.45, 7) is 3.68. The highest BCUT2D eigenvalue weighted by atomic mass is 32.2. The minimum atomic E-state index is -3.86. The fourth-order valence-electron chi connectivity index (χ4n) is 2.91. The Morgan fingerprint density at radius 1 is 1.32 bits per heavy atom. The van der Waals surface area contributed by atoms with E-state index in [2.05, 4.69) is 9.71 Å². The molecule has 0 spiro atoms. The Hall–Kier alpha value is -2.43. The first-order valence-corrected chi connectivity index (χ1v) is 11.7. The number of sulfonamides is 1. The molecule has 1 aliphatic heterocycles. The number of ether oxygens (including phenoxy) is 1. The largest absolute Gasteiger partial charge is 0.487 e. The average Bonchev–Trinajstić information content (AvgIpc) is 3.31. The van der Waals surface area contributed by atoms with E-state index in [9.17, 15) is 13.2 Å². The number of hydrogen-bond donors (Lipinski definition) is 1. The monoisotopic (exact) mass is 435 g/mol. The maximum atomic E-state index is 12.8. The van der Waals surface area contributed by atoms with Crippen molar-refractivity contribution >= 4 is 49.4 Å². The molecule has 146 valence electrons. The van der Waals surface area contributed by atoms with Crippen LogP contribution in [0.3, 0.4) is 0 Å². The Balaban J connectivity index is 1.63. The van der Waals surface area contributed by atoms with E-state index in [1.165, 1.54) is 46.6 Å². The number of aromatic nitrogens is 1. The highest BCUT2D eigenvalue weighted by molar-refractivity contribution is 7.93. The van der Waals surface area contributed by atoms with Crippen molar-refractivity contribution in [1.82, 2.24) is 4.98 Å². The summed E-state index contributed by atoms with van der Waals surface area (Å²) in [7, 11) is -3.86. The molecule has 28 heavy (non-hydrogen) atoms. The van der Waals surface area contributed by atoms with Gasteiger partial charge in [0, 0.05) is 12.3 Å². The lowest BCUT2D eigenvalue weighted by molar-refractivity contribution is -0.117. The molecule has 1 N–H and O–H groups in total. The maximum absolute atomic E-state index is 12.8. The van der Waals surface area contributed by atoms with Crippen molar-refractivity contribution < 1.29 is 17.9 Å². The number of amides is 1. The van der Waals surface area contributed by atoms with Gasteiger partial charge in [0.2, 0.25) is 5.91 Å². The number of rotatable bonds is 4. The summed E-state index contributed by atoms with van der Waals surface area (Å²) in [5.74, 6) is 0.321. The van der Waals surface area contributed by atoms with Gasteiger partial charge in [-0.1, -0.05) is 6.07 Å². The van der Waals surface area contributed by atoms with Gasteiger partial charge in [0.1, 0.15) is 11.9 Å². The van der Waals surface area contributed by atoms with Crippen molar-refractivity contribution in [3.8, 4) is 16.3 Å². The van der Waals surface area contributed by atoms with E-state index >= 15 is 0 Å². The predicted molar refractivity (Wildman–Crippen MR) is 111 cm³/mol. The van der Waals surface area contributed by atoms with Crippen molar-refractivity contribution in [3.05, 3.63) is 41.1 Å². The molecular weight excluding hydrogens is 418 g/mol. The zero-order valence-corrected chi connectivity index (χ0v) is 17.5. The fourth-order valence-corrected chi connectivity index (χ4v) is 5.66. The summed E-state index contributed by atoms with van der Waals surface area (Å²) in [5.41, 5.74) is 1.18. The molecule has 0 aliphatic carbocycles. The zero-order chi connectivity index (χ0) is 19.9. The third-order valence-corrected chi connectivity index (χ3v) is 7.29. The summed E-state index contributed by atoms with van der Waals surface area (Å²) in [6, 6.07) is 8.34. The molecule has 1 amide bonds. The van der Waals surface area contributed by atoms with Crippen LogP contribution in [-0.2, 0) is 14.8 Å². The van der Waals surface area contributed by atoms with Crippen LogP contribution in [0.5, 0.6) is 5.75 Å². The molecule has 0 saturated heterocycles. The predicted octanol–water partition coefficient (Wildman–Crippen LogP) is 3.81. The second kappa shape index (κ2) is 7.19. The van der Waals surface area contributed by atoms with Crippen LogP contribution in [0.2, 0.25) is 0 Å². The Bertz CT molecular complexity index is 1120. The van der Waals surface area contributed by atoms with Crippen LogP contribution in [0.15, 0.2) is 46.0 Å². The number of anilines is 2. The molecule has 0 fully saturated rings. The number of carbonyl (C=O) groups excluding carboxylic acids is 1. The van der Waals surface area contributed by atoms with Gasteiger partial charge in [0.25, 0.3) is 10.0 Å². The summed E-state index contributed by atoms with van der Waals surface area (Å²) in [6.07, 6.45) is -0.164. The molecule has 3 aromatic rings. The first kappa shape index (κ1) is 18.9. The van der Waals surface area contributed by atoms with Crippen LogP contribution in [0.1, 0.15) is 13.8 Å². The molecule has 1 atom stereocenters. The van der Waals surface area contributed by atoms with Crippen molar-refractivity contribution in [1.29, 1.82) is 0 Å². The molecule has 0 radical (unpaired) electrons. The number of thiazole rings is 1. The Labute approximate surface area is 170 Å². The molecule has 1 unspecified atom stereocenters. The van der Waals surface area contributed by atoms with Crippen molar-refractivity contribution in [3.63, 3.8) is 0 Å². The summed E-state index contributed by atoms with van der Waals surface area (Å²) in [5, 5.41) is 4.04. The number of thiophene rings is 1. The SMILES string of the molecule is CC(=O)N1CC(C)Oc2ccc(S(=O)(=O)Nc3nc(-c4cccs4)cs3)cc21. The Kier molecular flexibility index (Phi) is 4.86. The Morgan fingerprint density at radius 2 is 2.14 bits per heavy atom. The van der Waals surface area contributed by atoms with Gasteiger partial charge in [-0.2, -0.15) is 0 Å². The van der Waals surface area contributed by atoms with E-state index in [-0.39, 0.29) is 22.0 Å². The molecule has 1 aromatic carbocycles. The van der Waals surface area contributed by atoms with E-state index in [0.29, 0.717) is 18.0 Å². The average molecular weight is 436 g/mol. The van der Waals surface area contributed by atoms with Crippen LogP contribution in [0.4, 0.5) is 10.8 Å². The molecule has 7 nitrogen and oxygen atoms in total. The van der Waals surface area contributed by atoms with E-state index in [4.69, 9.17) is 4.74 Å². The number of benzene rings is 1. The van der Waals surface area contributed by atoms with Crippen molar-refractivity contribution in [2.75, 3.05) is 16.2 Å².